The van der Waals surface area contributed by atoms with Crippen LogP contribution in [0.15, 0.2) is 40.9 Å². The van der Waals surface area contributed by atoms with Crippen LogP contribution < -0.4 is 15.8 Å². The number of nitrogen functional groups attached to an aromatic ring is 1. The first-order chi connectivity index (χ1) is 9.51. The first kappa shape index (κ1) is 14.7. The molecule has 0 atom stereocenters. The Bertz CT molecular complexity index is 662. The number of halogens is 2. The lowest BCUT2D eigenvalue weighted by atomic mass is 10.2. The van der Waals surface area contributed by atoms with Crippen LogP contribution in [0.5, 0.6) is 5.75 Å². The first-order valence-corrected chi connectivity index (χ1v) is 6.88. The molecule has 2 rings (SSSR count). The molecule has 0 aliphatic heterocycles. The normalized spacial score (nSPS) is 10.2. The molecule has 3 N–H and O–H groups in total. The fraction of sp³-hybridized carbons (Fsp3) is 0.0714. The summed E-state index contributed by atoms with van der Waals surface area (Å²) in [7, 11) is 1.49. The molecule has 20 heavy (non-hydrogen) atoms. The lowest BCUT2D eigenvalue weighted by Crippen LogP contribution is -2.13. The van der Waals surface area contributed by atoms with E-state index in [1.807, 2.05) is 0 Å². The van der Waals surface area contributed by atoms with Crippen molar-refractivity contribution in [1.29, 1.82) is 0 Å². The second kappa shape index (κ2) is 6.15. The van der Waals surface area contributed by atoms with E-state index in [0.29, 0.717) is 32.2 Å². The topological polar surface area (TPSA) is 64.3 Å². The van der Waals surface area contributed by atoms with Crippen molar-refractivity contribution in [1.82, 2.24) is 0 Å². The molecule has 4 nitrogen and oxygen atoms in total. The van der Waals surface area contributed by atoms with Gasteiger partial charge < -0.3 is 15.8 Å². The van der Waals surface area contributed by atoms with Crippen molar-refractivity contribution in [2.45, 2.75) is 0 Å². The molecule has 0 aromatic heterocycles. The van der Waals surface area contributed by atoms with Crippen LogP contribution in [0.25, 0.3) is 0 Å². The Kier molecular flexibility index (Phi) is 4.52. The summed E-state index contributed by atoms with van der Waals surface area (Å²) in [4.78, 5) is 12.3. The second-order valence-corrected chi connectivity index (χ2v) is 5.33. The molecule has 0 bridgehead atoms. The number of anilines is 2. The number of hydrogen-bond acceptors (Lipinski definition) is 3. The molecule has 0 aliphatic rings. The number of amides is 1. The van der Waals surface area contributed by atoms with Gasteiger partial charge in [-0.15, -0.1) is 0 Å². The van der Waals surface area contributed by atoms with E-state index in [2.05, 4.69) is 21.2 Å². The van der Waals surface area contributed by atoms with Crippen molar-refractivity contribution in [2.24, 2.45) is 0 Å². The fourth-order valence-corrected chi connectivity index (χ4v) is 2.33. The average molecular weight is 356 g/mol. The standard InChI is InChI=1S/C14H12BrClN2O2/c1-20-13-6-8(16)2-4-10(13)14(19)18-12-5-3-9(17)7-11(12)15/h2-7H,17H2,1H3,(H,18,19). The van der Waals surface area contributed by atoms with E-state index in [4.69, 9.17) is 22.1 Å². The molecule has 0 aliphatic carbocycles. The highest BCUT2D eigenvalue weighted by Gasteiger charge is 2.14. The van der Waals surface area contributed by atoms with Gasteiger partial charge in [-0.2, -0.15) is 0 Å². The van der Waals surface area contributed by atoms with Crippen molar-refractivity contribution in [3.05, 3.63) is 51.5 Å². The average Bonchev–Trinajstić information content (AvgIpc) is 2.41. The number of carbonyl (C=O) groups is 1. The molecule has 6 heteroatoms. The summed E-state index contributed by atoms with van der Waals surface area (Å²) in [6.07, 6.45) is 0. The molecule has 0 saturated carbocycles. The maximum Gasteiger partial charge on any atom is 0.259 e. The second-order valence-electron chi connectivity index (χ2n) is 4.04. The van der Waals surface area contributed by atoms with Gasteiger partial charge in [-0.1, -0.05) is 11.6 Å². The first-order valence-electron chi connectivity index (χ1n) is 5.71. The highest BCUT2D eigenvalue weighted by atomic mass is 79.9. The number of nitrogens with two attached hydrogens (primary N) is 1. The maximum absolute atomic E-state index is 12.3. The van der Waals surface area contributed by atoms with Crippen LogP contribution in [0.4, 0.5) is 11.4 Å². The van der Waals surface area contributed by atoms with E-state index in [-0.39, 0.29) is 5.91 Å². The number of rotatable bonds is 3. The highest BCUT2D eigenvalue weighted by molar-refractivity contribution is 9.10. The zero-order chi connectivity index (χ0) is 14.7. The van der Waals surface area contributed by atoms with E-state index in [1.165, 1.54) is 7.11 Å². The van der Waals surface area contributed by atoms with Gasteiger partial charge in [0.2, 0.25) is 0 Å². The summed E-state index contributed by atoms with van der Waals surface area (Å²) in [5.41, 5.74) is 7.29. The van der Waals surface area contributed by atoms with Crippen LogP contribution in [0.1, 0.15) is 10.4 Å². The predicted molar refractivity (Wildman–Crippen MR) is 84.5 cm³/mol. The van der Waals surface area contributed by atoms with E-state index < -0.39 is 0 Å². The lowest BCUT2D eigenvalue weighted by Gasteiger charge is -2.11. The Balaban J connectivity index is 2.28. The van der Waals surface area contributed by atoms with Crippen molar-refractivity contribution in [3.8, 4) is 5.75 Å². The summed E-state index contributed by atoms with van der Waals surface area (Å²) in [5.74, 6) is 0.130. The van der Waals surface area contributed by atoms with Gasteiger partial charge in [0.25, 0.3) is 5.91 Å². The largest absolute Gasteiger partial charge is 0.496 e. The monoisotopic (exact) mass is 354 g/mol. The molecule has 0 heterocycles. The van der Waals surface area contributed by atoms with Gasteiger partial charge in [0, 0.05) is 15.2 Å². The minimum atomic E-state index is -0.288. The Labute approximate surface area is 130 Å². The van der Waals surface area contributed by atoms with Crippen molar-refractivity contribution in [3.63, 3.8) is 0 Å². The van der Waals surface area contributed by atoms with E-state index in [0.717, 1.165) is 0 Å². The van der Waals surface area contributed by atoms with Gasteiger partial charge in [0.05, 0.1) is 18.4 Å². The fourth-order valence-electron chi connectivity index (χ4n) is 1.68. The number of nitrogens with one attached hydrogen (secondary N) is 1. The minimum Gasteiger partial charge on any atom is -0.496 e. The summed E-state index contributed by atoms with van der Waals surface area (Å²) in [6, 6.07) is 9.99. The Hall–Kier alpha value is -1.72. The number of carbonyl (C=O) groups excluding carboxylic acids is 1. The summed E-state index contributed by atoms with van der Waals surface area (Å²) >= 11 is 9.22. The van der Waals surface area contributed by atoms with Gasteiger partial charge >= 0.3 is 0 Å². The third-order valence-corrected chi connectivity index (χ3v) is 3.54. The van der Waals surface area contributed by atoms with Gasteiger partial charge in [0.15, 0.2) is 0 Å². The van der Waals surface area contributed by atoms with Gasteiger partial charge in [-0.3, -0.25) is 4.79 Å². The third-order valence-electron chi connectivity index (χ3n) is 2.65. The van der Waals surface area contributed by atoms with Crippen LogP contribution in [0.2, 0.25) is 5.02 Å². The van der Waals surface area contributed by atoms with Crippen LogP contribution in [0.3, 0.4) is 0 Å². The zero-order valence-corrected chi connectivity index (χ0v) is 13.0. The molecule has 0 fully saturated rings. The number of benzene rings is 2. The van der Waals surface area contributed by atoms with Gasteiger partial charge in [-0.25, -0.2) is 0 Å². The molecular formula is C14H12BrClN2O2. The third kappa shape index (κ3) is 3.23. The van der Waals surface area contributed by atoms with Crippen molar-refractivity contribution >= 4 is 44.8 Å². The molecule has 0 radical (unpaired) electrons. The number of methoxy groups -OCH3 is 1. The lowest BCUT2D eigenvalue weighted by molar-refractivity contribution is 0.102. The molecule has 104 valence electrons. The molecule has 2 aromatic carbocycles. The molecule has 1 amide bonds. The SMILES string of the molecule is COc1cc(Cl)ccc1C(=O)Nc1ccc(N)cc1Br. The van der Waals surface area contributed by atoms with Crippen LogP contribution in [0, 0.1) is 0 Å². The van der Waals surface area contributed by atoms with E-state index in [1.54, 1.807) is 36.4 Å². The Morgan fingerprint density at radius 3 is 2.70 bits per heavy atom. The molecule has 0 saturated heterocycles. The van der Waals surface area contributed by atoms with Gasteiger partial charge in [0.1, 0.15) is 5.75 Å². The van der Waals surface area contributed by atoms with E-state index in [9.17, 15) is 4.79 Å². The summed E-state index contributed by atoms with van der Waals surface area (Å²) in [5, 5.41) is 3.29. The van der Waals surface area contributed by atoms with Crippen molar-refractivity contribution in [2.75, 3.05) is 18.2 Å². The zero-order valence-electron chi connectivity index (χ0n) is 10.6. The number of ether oxygens (including phenoxy) is 1. The Morgan fingerprint density at radius 1 is 1.30 bits per heavy atom. The van der Waals surface area contributed by atoms with E-state index >= 15 is 0 Å². The van der Waals surface area contributed by atoms with Gasteiger partial charge in [-0.05, 0) is 52.3 Å². The molecule has 0 unspecified atom stereocenters. The van der Waals surface area contributed by atoms with Crippen molar-refractivity contribution < 1.29 is 9.53 Å². The minimum absolute atomic E-state index is 0.288. The highest BCUT2D eigenvalue weighted by Crippen LogP contribution is 2.27. The maximum atomic E-state index is 12.3. The van der Waals surface area contributed by atoms with Crippen LogP contribution >= 0.6 is 27.5 Å². The molecule has 0 spiro atoms. The smallest absolute Gasteiger partial charge is 0.259 e. The molecule has 2 aromatic rings. The predicted octanol–water partition coefficient (Wildman–Crippen LogP) is 3.95. The number of hydrogen-bond donors (Lipinski definition) is 2. The van der Waals surface area contributed by atoms with Crippen LogP contribution in [-0.2, 0) is 0 Å². The quantitative estimate of drug-likeness (QED) is 0.820. The molecular weight excluding hydrogens is 344 g/mol. The Morgan fingerprint density at radius 2 is 2.05 bits per heavy atom. The summed E-state index contributed by atoms with van der Waals surface area (Å²) < 4.78 is 5.86. The summed E-state index contributed by atoms with van der Waals surface area (Å²) in [6.45, 7) is 0. The van der Waals surface area contributed by atoms with Crippen LogP contribution in [-0.4, -0.2) is 13.0 Å².